The van der Waals surface area contributed by atoms with Crippen LogP contribution in [0.5, 0.6) is 0 Å². The summed E-state index contributed by atoms with van der Waals surface area (Å²) in [6.07, 6.45) is 0. The van der Waals surface area contributed by atoms with Crippen LogP contribution in [0.2, 0.25) is 0 Å². The number of nitrogens with zero attached hydrogens (tertiary/aromatic N) is 1. The van der Waals surface area contributed by atoms with E-state index in [0.29, 0.717) is 0 Å². The predicted octanol–water partition coefficient (Wildman–Crippen LogP) is -1.06. The first kappa shape index (κ1) is 14.9. The number of amides is 2. The van der Waals surface area contributed by atoms with Gasteiger partial charge in [-0.15, -0.1) is 0 Å². The van der Waals surface area contributed by atoms with Crippen LogP contribution in [0.15, 0.2) is 0 Å². The van der Waals surface area contributed by atoms with Gasteiger partial charge < -0.3 is 20.7 Å². The van der Waals surface area contributed by atoms with E-state index in [4.69, 9.17) is 10.5 Å². The number of hydrogen-bond acceptors (Lipinski definition) is 4. The fourth-order valence-electron chi connectivity index (χ4n) is 1.19. The number of nitrogens with two attached hydrogens (primary N) is 1. The van der Waals surface area contributed by atoms with E-state index in [1.807, 2.05) is 13.8 Å². The van der Waals surface area contributed by atoms with Crippen molar-refractivity contribution in [3.63, 3.8) is 0 Å². The van der Waals surface area contributed by atoms with Crippen LogP contribution < -0.4 is 11.1 Å². The molecule has 0 spiro atoms. The molecule has 0 aromatic rings. The Balaban J connectivity index is 4.09. The molecule has 1 unspecified atom stereocenters. The molecular weight excluding hydrogens is 210 g/mol. The number of carbonyl (C=O) groups is 2. The van der Waals surface area contributed by atoms with E-state index in [2.05, 4.69) is 5.32 Å². The van der Waals surface area contributed by atoms with E-state index in [1.165, 1.54) is 19.1 Å². The van der Waals surface area contributed by atoms with Gasteiger partial charge in [0.1, 0.15) is 6.04 Å². The molecule has 0 aliphatic rings. The zero-order valence-corrected chi connectivity index (χ0v) is 10.3. The fraction of sp³-hybridized carbons (Fsp3) is 0.800. The highest BCUT2D eigenvalue weighted by Crippen LogP contribution is 1.91. The molecule has 0 fully saturated rings. The monoisotopic (exact) mass is 231 g/mol. The second kappa shape index (κ2) is 7.19. The van der Waals surface area contributed by atoms with Crippen LogP contribution >= 0.6 is 0 Å². The predicted molar refractivity (Wildman–Crippen MR) is 60.8 cm³/mol. The average molecular weight is 231 g/mol. The number of methoxy groups -OCH3 is 1. The van der Waals surface area contributed by atoms with E-state index in [1.54, 1.807) is 0 Å². The Labute approximate surface area is 96.1 Å². The van der Waals surface area contributed by atoms with Gasteiger partial charge in [0.05, 0.1) is 13.2 Å². The molecule has 1 atom stereocenters. The van der Waals surface area contributed by atoms with Crippen molar-refractivity contribution in [2.75, 3.05) is 27.3 Å². The van der Waals surface area contributed by atoms with Gasteiger partial charge in [0, 0.05) is 20.2 Å². The Morgan fingerprint density at radius 1 is 1.44 bits per heavy atom. The molecule has 0 saturated heterocycles. The second-order valence-corrected chi connectivity index (χ2v) is 3.98. The second-order valence-electron chi connectivity index (χ2n) is 3.98. The van der Waals surface area contributed by atoms with Crippen molar-refractivity contribution in [2.24, 2.45) is 5.73 Å². The molecule has 0 aliphatic carbocycles. The molecule has 94 valence electrons. The number of likely N-dealkylation sites (N-methyl/N-ethyl adjacent to an activating group) is 1. The van der Waals surface area contributed by atoms with Gasteiger partial charge in [0.15, 0.2) is 0 Å². The summed E-state index contributed by atoms with van der Waals surface area (Å²) >= 11 is 0. The van der Waals surface area contributed by atoms with Gasteiger partial charge >= 0.3 is 0 Å². The van der Waals surface area contributed by atoms with E-state index in [9.17, 15) is 9.59 Å². The van der Waals surface area contributed by atoms with Gasteiger partial charge in [0.25, 0.3) is 0 Å². The summed E-state index contributed by atoms with van der Waals surface area (Å²) in [5.74, 6) is -0.503. The minimum absolute atomic E-state index is 0.00836. The van der Waals surface area contributed by atoms with Crippen molar-refractivity contribution < 1.29 is 14.3 Å². The van der Waals surface area contributed by atoms with Gasteiger partial charge in [-0.3, -0.25) is 9.59 Å². The molecule has 0 radical (unpaired) electrons. The topological polar surface area (TPSA) is 84.7 Å². The van der Waals surface area contributed by atoms with Gasteiger partial charge in [-0.25, -0.2) is 0 Å². The summed E-state index contributed by atoms with van der Waals surface area (Å²) in [6, 6.07) is -0.662. The highest BCUT2D eigenvalue weighted by atomic mass is 16.5. The summed E-state index contributed by atoms with van der Waals surface area (Å²) in [4.78, 5) is 24.3. The van der Waals surface area contributed by atoms with Crippen LogP contribution in [-0.4, -0.2) is 56.1 Å². The van der Waals surface area contributed by atoms with Crippen LogP contribution in [-0.2, 0) is 14.3 Å². The van der Waals surface area contributed by atoms with Crippen molar-refractivity contribution in [1.29, 1.82) is 0 Å². The number of nitrogens with one attached hydrogen (secondary N) is 1. The maximum Gasteiger partial charge on any atom is 0.242 e. The molecule has 2 amide bonds. The average Bonchev–Trinajstić information content (AvgIpc) is 2.15. The summed E-state index contributed by atoms with van der Waals surface area (Å²) in [5.41, 5.74) is 5.56. The number of hydrogen-bond donors (Lipinski definition) is 2. The zero-order valence-electron chi connectivity index (χ0n) is 10.3. The Bertz CT molecular complexity index is 243. The lowest BCUT2D eigenvalue weighted by Crippen LogP contribution is -2.48. The van der Waals surface area contributed by atoms with Gasteiger partial charge in [-0.05, 0) is 13.8 Å². The van der Waals surface area contributed by atoms with Gasteiger partial charge in [0.2, 0.25) is 11.8 Å². The number of carbonyl (C=O) groups excluding carboxylic acids is 2. The third-order valence-corrected chi connectivity index (χ3v) is 1.87. The molecular formula is C10H21N3O3. The molecule has 0 heterocycles. The van der Waals surface area contributed by atoms with E-state index in [-0.39, 0.29) is 31.0 Å². The maximum absolute atomic E-state index is 11.6. The normalized spacial score (nSPS) is 12.4. The van der Waals surface area contributed by atoms with E-state index < -0.39 is 6.04 Å². The molecule has 6 nitrogen and oxygen atoms in total. The van der Waals surface area contributed by atoms with Crippen molar-refractivity contribution >= 4 is 11.8 Å². The molecule has 0 rings (SSSR count). The largest absolute Gasteiger partial charge is 0.383 e. The first-order valence-electron chi connectivity index (χ1n) is 5.17. The standard InChI is InChI=1S/C10H21N3O3/c1-7(2)12-9(14)5-13(3)10(15)8(11)6-16-4/h7-8H,5-6,11H2,1-4H3,(H,12,14). The summed E-state index contributed by atoms with van der Waals surface area (Å²) < 4.78 is 4.77. The molecule has 0 aliphatic heterocycles. The first-order chi connectivity index (χ1) is 7.38. The Hall–Kier alpha value is -1.14. The lowest BCUT2D eigenvalue weighted by Gasteiger charge is -2.21. The third-order valence-electron chi connectivity index (χ3n) is 1.87. The van der Waals surface area contributed by atoms with Crippen molar-refractivity contribution in [2.45, 2.75) is 25.9 Å². The minimum atomic E-state index is -0.721. The van der Waals surface area contributed by atoms with Gasteiger partial charge in [-0.2, -0.15) is 0 Å². The minimum Gasteiger partial charge on any atom is -0.383 e. The highest BCUT2D eigenvalue weighted by molar-refractivity contribution is 5.87. The van der Waals surface area contributed by atoms with Crippen LogP contribution in [0, 0.1) is 0 Å². The fourth-order valence-corrected chi connectivity index (χ4v) is 1.19. The third kappa shape index (κ3) is 5.67. The maximum atomic E-state index is 11.6. The highest BCUT2D eigenvalue weighted by Gasteiger charge is 2.19. The molecule has 0 aromatic carbocycles. The van der Waals surface area contributed by atoms with Crippen molar-refractivity contribution in [3.05, 3.63) is 0 Å². The van der Waals surface area contributed by atoms with Crippen LogP contribution in [0.4, 0.5) is 0 Å². The number of rotatable bonds is 6. The van der Waals surface area contributed by atoms with Crippen LogP contribution in [0.1, 0.15) is 13.8 Å². The summed E-state index contributed by atoms with van der Waals surface area (Å²) in [5, 5.41) is 2.69. The summed E-state index contributed by atoms with van der Waals surface area (Å²) in [6.45, 7) is 3.87. The molecule has 6 heteroatoms. The lowest BCUT2D eigenvalue weighted by molar-refractivity contribution is -0.136. The van der Waals surface area contributed by atoms with Gasteiger partial charge in [-0.1, -0.05) is 0 Å². The molecule has 3 N–H and O–H groups in total. The molecule has 0 bridgehead atoms. The smallest absolute Gasteiger partial charge is 0.242 e. The Morgan fingerprint density at radius 2 is 2.00 bits per heavy atom. The molecule has 16 heavy (non-hydrogen) atoms. The zero-order chi connectivity index (χ0) is 12.7. The first-order valence-corrected chi connectivity index (χ1v) is 5.17. The van der Waals surface area contributed by atoms with Crippen molar-refractivity contribution in [1.82, 2.24) is 10.2 Å². The molecule has 0 aromatic heterocycles. The molecule has 0 saturated carbocycles. The SMILES string of the molecule is COCC(N)C(=O)N(C)CC(=O)NC(C)C. The number of ether oxygens (including phenoxy) is 1. The van der Waals surface area contributed by atoms with Crippen LogP contribution in [0.25, 0.3) is 0 Å². The van der Waals surface area contributed by atoms with E-state index in [0.717, 1.165) is 0 Å². The quantitative estimate of drug-likeness (QED) is 0.610. The Kier molecular flexibility index (Phi) is 6.67. The van der Waals surface area contributed by atoms with E-state index >= 15 is 0 Å². The lowest BCUT2D eigenvalue weighted by atomic mass is 10.3. The summed E-state index contributed by atoms with van der Waals surface area (Å²) in [7, 11) is 3.01. The Morgan fingerprint density at radius 3 is 2.44 bits per heavy atom. The van der Waals surface area contributed by atoms with Crippen LogP contribution in [0.3, 0.4) is 0 Å². The van der Waals surface area contributed by atoms with Crippen molar-refractivity contribution in [3.8, 4) is 0 Å².